The van der Waals surface area contributed by atoms with Crippen LogP contribution in [0.15, 0.2) is 82.5 Å². The molecule has 38 heavy (non-hydrogen) atoms. The molecule has 1 saturated heterocycles. The van der Waals surface area contributed by atoms with Crippen molar-refractivity contribution in [1.82, 2.24) is 8.87 Å². The molecule has 1 N–H and O–H groups in total. The summed E-state index contributed by atoms with van der Waals surface area (Å²) in [5.41, 5.74) is 1.70. The number of pyridine rings is 1. The number of aliphatic hydroxyl groups excluding tert-OH is 1. The predicted octanol–water partition coefficient (Wildman–Crippen LogP) is 3.78. The number of rotatable bonds is 6. The lowest BCUT2D eigenvalue weighted by Crippen LogP contribution is -2.29. The van der Waals surface area contributed by atoms with Crippen LogP contribution in [-0.2, 0) is 21.2 Å². The highest BCUT2D eigenvalue weighted by Gasteiger charge is 2.31. The maximum absolute atomic E-state index is 13.7. The van der Waals surface area contributed by atoms with Crippen molar-refractivity contribution in [2.75, 3.05) is 20.2 Å². The lowest BCUT2D eigenvalue weighted by atomic mass is 9.99. The Kier molecular flexibility index (Phi) is 7.11. The molecule has 0 radical (unpaired) electrons. The molecule has 4 aromatic rings. The van der Waals surface area contributed by atoms with Crippen LogP contribution >= 0.6 is 11.6 Å². The Balaban J connectivity index is 1.64. The van der Waals surface area contributed by atoms with E-state index in [1.54, 1.807) is 34.9 Å². The van der Waals surface area contributed by atoms with E-state index < -0.39 is 22.1 Å². The van der Waals surface area contributed by atoms with Crippen LogP contribution in [0.3, 0.4) is 0 Å². The average molecular weight is 553 g/mol. The molecule has 1 atom stereocenters. The number of hydrogen-bond donors (Lipinski definition) is 1. The number of nitrogens with zero attached hydrogens (tertiary/aromatic N) is 2. The SMILES string of the molecule is COC(=O)c1c(Cc2ccc(S(=O)(=O)N3CC[C@H](O)C3)cc2)c(=O)c2ccc(Cl)cc2n1-c1ccccc1. The van der Waals surface area contributed by atoms with Crippen molar-refractivity contribution in [3.8, 4) is 5.69 Å². The van der Waals surface area contributed by atoms with Gasteiger partial charge in [-0.2, -0.15) is 4.31 Å². The van der Waals surface area contributed by atoms with Gasteiger partial charge < -0.3 is 14.4 Å². The first kappa shape index (κ1) is 26.1. The van der Waals surface area contributed by atoms with Crippen LogP contribution in [-0.4, -0.2) is 54.7 Å². The summed E-state index contributed by atoms with van der Waals surface area (Å²) < 4.78 is 33.9. The van der Waals surface area contributed by atoms with Crippen LogP contribution in [0.2, 0.25) is 5.02 Å². The summed E-state index contributed by atoms with van der Waals surface area (Å²) in [6.45, 7) is 0.320. The summed E-state index contributed by atoms with van der Waals surface area (Å²) in [5, 5.41) is 10.5. The minimum absolute atomic E-state index is 0.0622. The number of esters is 1. The van der Waals surface area contributed by atoms with Crippen LogP contribution in [0, 0.1) is 0 Å². The molecule has 196 valence electrons. The summed E-state index contributed by atoms with van der Waals surface area (Å²) in [6, 6.07) is 20.2. The zero-order valence-electron chi connectivity index (χ0n) is 20.5. The fourth-order valence-corrected chi connectivity index (χ4v) is 6.45. The van der Waals surface area contributed by atoms with Crippen LogP contribution < -0.4 is 5.43 Å². The van der Waals surface area contributed by atoms with Gasteiger partial charge in [-0.1, -0.05) is 41.9 Å². The quantitative estimate of drug-likeness (QED) is 0.365. The monoisotopic (exact) mass is 552 g/mol. The van der Waals surface area contributed by atoms with Crippen LogP contribution in [0.5, 0.6) is 0 Å². The topological polar surface area (TPSA) is 106 Å². The van der Waals surface area contributed by atoms with Gasteiger partial charge in [0.05, 0.1) is 23.6 Å². The van der Waals surface area contributed by atoms with E-state index in [4.69, 9.17) is 16.3 Å². The first-order chi connectivity index (χ1) is 18.2. The molecule has 1 aliphatic rings. The van der Waals surface area contributed by atoms with Gasteiger partial charge in [0, 0.05) is 41.2 Å². The summed E-state index contributed by atoms with van der Waals surface area (Å²) in [5.74, 6) is -0.686. The predicted molar refractivity (Wildman–Crippen MR) is 145 cm³/mol. The average Bonchev–Trinajstić information content (AvgIpc) is 3.37. The van der Waals surface area contributed by atoms with Crippen LogP contribution in [0.1, 0.15) is 28.0 Å². The minimum Gasteiger partial charge on any atom is -0.464 e. The Morgan fingerprint density at radius 3 is 2.42 bits per heavy atom. The second-order valence-electron chi connectivity index (χ2n) is 9.11. The van der Waals surface area contributed by atoms with Crippen LogP contribution in [0.4, 0.5) is 0 Å². The molecule has 2 heterocycles. The molecule has 1 fully saturated rings. The molecular weight excluding hydrogens is 528 g/mol. The molecule has 8 nitrogen and oxygen atoms in total. The van der Waals surface area contributed by atoms with E-state index in [-0.39, 0.29) is 41.1 Å². The largest absolute Gasteiger partial charge is 0.464 e. The fraction of sp³-hybridized carbons (Fsp3) is 0.214. The van der Waals surface area contributed by atoms with E-state index in [1.165, 1.54) is 23.5 Å². The molecule has 0 bridgehead atoms. The van der Waals surface area contributed by atoms with E-state index >= 15 is 0 Å². The zero-order chi connectivity index (χ0) is 27.0. The van der Waals surface area contributed by atoms with Crippen molar-refractivity contribution in [3.63, 3.8) is 0 Å². The Bertz CT molecular complexity index is 1690. The molecule has 0 amide bonds. The van der Waals surface area contributed by atoms with Gasteiger partial charge >= 0.3 is 5.97 Å². The smallest absolute Gasteiger partial charge is 0.355 e. The van der Waals surface area contributed by atoms with E-state index in [9.17, 15) is 23.1 Å². The summed E-state index contributed by atoms with van der Waals surface area (Å²) in [4.78, 5) is 26.9. The van der Waals surface area contributed by atoms with Crippen molar-refractivity contribution in [3.05, 3.63) is 105 Å². The van der Waals surface area contributed by atoms with Crippen molar-refractivity contribution in [1.29, 1.82) is 0 Å². The molecule has 0 unspecified atom stereocenters. The first-order valence-corrected chi connectivity index (χ1v) is 13.8. The number of sulfonamides is 1. The molecule has 0 aliphatic carbocycles. The van der Waals surface area contributed by atoms with Crippen molar-refractivity contribution in [2.45, 2.75) is 23.8 Å². The number of benzene rings is 3. The number of β-amino-alcohol motifs (C(OH)–C–C–N with tert-alkyl or cyclic N) is 1. The molecule has 10 heteroatoms. The number of para-hydroxylation sites is 1. The third-order valence-corrected chi connectivity index (χ3v) is 8.80. The highest BCUT2D eigenvalue weighted by Crippen LogP contribution is 2.27. The highest BCUT2D eigenvalue weighted by molar-refractivity contribution is 7.89. The number of carbonyl (C=O) groups excluding carboxylic acids is 1. The van der Waals surface area contributed by atoms with E-state index in [0.717, 1.165) is 0 Å². The number of hydrogen-bond acceptors (Lipinski definition) is 6. The fourth-order valence-electron chi connectivity index (χ4n) is 4.79. The summed E-state index contributed by atoms with van der Waals surface area (Å²) >= 11 is 6.27. The van der Waals surface area contributed by atoms with Gasteiger partial charge in [0.2, 0.25) is 10.0 Å². The number of halogens is 1. The van der Waals surface area contributed by atoms with Gasteiger partial charge in [0.25, 0.3) is 0 Å². The van der Waals surface area contributed by atoms with E-state index in [2.05, 4.69) is 0 Å². The maximum Gasteiger partial charge on any atom is 0.355 e. The highest BCUT2D eigenvalue weighted by atomic mass is 35.5. The maximum atomic E-state index is 13.7. The lowest BCUT2D eigenvalue weighted by molar-refractivity contribution is 0.0590. The van der Waals surface area contributed by atoms with Gasteiger partial charge in [-0.05, 0) is 54.4 Å². The number of aliphatic hydroxyl groups is 1. The third kappa shape index (κ3) is 4.74. The molecule has 3 aromatic carbocycles. The van der Waals surface area contributed by atoms with Crippen molar-refractivity contribution in [2.24, 2.45) is 0 Å². The molecule has 0 saturated carbocycles. The number of ether oxygens (including phenoxy) is 1. The number of fused-ring (bicyclic) bond motifs is 1. The first-order valence-electron chi connectivity index (χ1n) is 12.0. The number of aromatic nitrogens is 1. The van der Waals surface area contributed by atoms with Gasteiger partial charge in [-0.3, -0.25) is 4.79 Å². The molecular formula is C28H25ClN2O6S. The molecule has 1 aliphatic heterocycles. The Hall–Kier alpha value is -3.50. The number of methoxy groups -OCH3 is 1. The third-order valence-electron chi connectivity index (χ3n) is 6.69. The lowest BCUT2D eigenvalue weighted by Gasteiger charge is -2.20. The van der Waals surface area contributed by atoms with Gasteiger partial charge in [0.1, 0.15) is 5.69 Å². The minimum atomic E-state index is -3.75. The Morgan fingerprint density at radius 2 is 1.79 bits per heavy atom. The van der Waals surface area contributed by atoms with Gasteiger partial charge in [-0.15, -0.1) is 0 Å². The van der Waals surface area contributed by atoms with Crippen molar-refractivity contribution >= 4 is 38.5 Å². The molecule has 0 spiro atoms. The summed E-state index contributed by atoms with van der Waals surface area (Å²) in [7, 11) is -2.50. The standard InChI is InChI=1S/C28H25ClN2O6S/c1-37-28(34)26-24(15-18-7-10-22(11-8-18)38(35,36)30-14-13-21(32)17-30)27(33)23-12-9-19(29)16-25(23)31(26)20-5-3-2-4-6-20/h2-12,16,21,32H,13-15,17H2,1H3/t21-/m0/s1. The molecule has 5 rings (SSSR count). The van der Waals surface area contributed by atoms with Gasteiger partial charge in [-0.25, -0.2) is 13.2 Å². The van der Waals surface area contributed by atoms with E-state index in [1.807, 2.05) is 30.3 Å². The van der Waals surface area contributed by atoms with Crippen LogP contribution in [0.25, 0.3) is 16.6 Å². The second-order valence-corrected chi connectivity index (χ2v) is 11.5. The molecule has 1 aromatic heterocycles. The zero-order valence-corrected chi connectivity index (χ0v) is 22.1. The number of carbonyl (C=O) groups is 1. The van der Waals surface area contributed by atoms with Crippen molar-refractivity contribution < 1.29 is 23.1 Å². The Labute approximate surface area is 224 Å². The Morgan fingerprint density at radius 1 is 1.08 bits per heavy atom. The summed E-state index contributed by atoms with van der Waals surface area (Å²) in [6.07, 6.45) is -0.207. The van der Waals surface area contributed by atoms with E-state index in [0.29, 0.717) is 33.6 Å². The normalized spacial score (nSPS) is 16.1. The van der Waals surface area contributed by atoms with Gasteiger partial charge in [0.15, 0.2) is 5.43 Å². The second kappa shape index (κ2) is 10.3.